The summed E-state index contributed by atoms with van der Waals surface area (Å²) in [5.74, 6) is 0.641. The van der Waals surface area contributed by atoms with Gasteiger partial charge in [0.1, 0.15) is 16.9 Å². The predicted molar refractivity (Wildman–Crippen MR) is 96.7 cm³/mol. The quantitative estimate of drug-likeness (QED) is 0.652. The molecule has 1 saturated heterocycles. The van der Waals surface area contributed by atoms with Gasteiger partial charge in [-0.2, -0.15) is 15.4 Å². The van der Waals surface area contributed by atoms with E-state index < -0.39 is 0 Å². The fraction of sp³-hybridized carbons (Fsp3) is 0.333. The Bertz CT molecular complexity index is 925. The molecule has 0 spiro atoms. The second-order valence-electron chi connectivity index (χ2n) is 6.44. The number of rotatable bonds is 4. The molecule has 1 aliphatic heterocycles. The number of amides is 1. The van der Waals surface area contributed by atoms with E-state index in [9.17, 15) is 9.90 Å². The van der Waals surface area contributed by atoms with Gasteiger partial charge in [0.15, 0.2) is 0 Å². The van der Waals surface area contributed by atoms with E-state index in [-0.39, 0.29) is 12.0 Å². The lowest BCUT2D eigenvalue weighted by atomic mass is 10.1. The summed E-state index contributed by atoms with van der Waals surface area (Å²) in [6, 6.07) is 9.00. The van der Waals surface area contributed by atoms with Crippen molar-refractivity contribution in [2.75, 3.05) is 18.0 Å². The number of aliphatic hydroxyl groups excluding tert-OH is 1. The highest BCUT2D eigenvalue weighted by Gasteiger charge is 2.21. The Hall–Kier alpha value is -3.00. The first-order valence-corrected chi connectivity index (χ1v) is 8.66. The molecule has 134 valence electrons. The lowest BCUT2D eigenvalue weighted by Gasteiger charge is -2.32. The molecular weight excluding hydrogens is 332 g/mol. The van der Waals surface area contributed by atoms with Crippen LogP contribution in [-0.2, 0) is 6.54 Å². The number of carbonyl (C=O) groups excluding carboxylic acids is 1. The van der Waals surface area contributed by atoms with Crippen LogP contribution >= 0.6 is 0 Å². The number of aliphatic hydroxyl groups is 1. The van der Waals surface area contributed by atoms with Crippen molar-refractivity contribution < 1.29 is 9.90 Å². The maximum Gasteiger partial charge on any atom is 0.251 e. The molecule has 8 nitrogen and oxygen atoms in total. The van der Waals surface area contributed by atoms with Crippen molar-refractivity contribution in [3.63, 3.8) is 0 Å². The van der Waals surface area contributed by atoms with Crippen molar-refractivity contribution >= 4 is 22.8 Å². The van der Waals surface area contributed by atoms with Crippen molar-refractivity contribution in [1.29, 1.82) is 0 Å². The average Bonchev–Trinajstić information content (AvgIpc) is 3.14. The van der Waals surface area contributed by atoms with Crippen molar-refractivity contribution in [3.05, 3.63) is 47.7 Å². The van der Waals surface area contributed by atoms with E-state index in [4.69, 9.17) is 0 Å². The molecule has 0 saturated carbocycles. The van der Waals surface area contributed by atoms with Gasteiger partial charge in [-0.3, -0.25) is 4.79 Å². The maximum absolute atomic E-state index is 12.5. The van der Waals surface area contributed by atoms with Gasteiger partial charge in [0.05, 0.1) is 6.10 Å². The minimum atomic E-state index is -0.331. The highest BCUT2D eigenvalue weighted by atomic mass is 16.3. The van der Waals surface area contributed by atoms with Gasteiger partial charge in [-0.05, 0) is 37.1 Å². The van der Waals surface area contributed by atoms with Crippen LogP contribution in [0.1, 0.15) is 28.8 Å². The van der Waals surface area contributed by atoms with Crippen molar-refractivity contribution in [2.45, 2.75) is 25.5 Å². The number of hydrogen-bond donors (Lipinski definition) is 3. The fourth-order valence-corrected chi connectivity index (χ4v) is 3.26. The normalized spacial score (nSPS) is 17.4. The lowest BCUT2D eigenvalue weighted by Crippen LogP contribution is -2.39. The molecule has 0 bridgehead atoms. The number of nitrogens with one attached hydrogen (secondary N) is 2. The highest BCUT2D eigenvalue weighted by Crippen LogP contribution is 2.22. The second-order valence-corrected chi connectivity index (χ2v) is 6.44. The topological polar surface area (TPSA) is 107 Å². The molecule has 0 aliphatic carbocycles. The molecule has 0 unspecified atom stereocenters. The third-order valence-electron chi connectivity index (χ3n) is 4.58. The maximum atomic E-state index is 12.5. The average molecular weight is 352 g/mol. The number of β-amino-alcohol motifs (C(OH)–C–C–N with tert-alkyl or cyclic N) is 1. The minimum Gasteiger partial charge on any atom is -0.391 e. The van der Waals surface area contributed by atoms with E-state index in [1.165, 1.54) is 0 Å². The number of fused-ring (bicyclic) bond motifs is 1. The number of anilines is 1. The zero-order valence-electron chi connectivity index (χ0n) is 14.2. The fourth-order valence-electron chi connectivity index (χ4n) is 3.26. The van der Waals surface area contributed by atoms with Gasteiger partial charge in [0, 0.05) is 37.0 Å². The number of H-pyrrole nitrogens is 1. The van der Waals surface area contributed by atoms with Crippen LogP contribution in [0, 0.1) is 0 Å². The van der Waals surface area contributed by atoms with E-state index in [1.54, 1.807) is 24.4 Å². The zero-order valence-corrected chi connectivity index (χ0v) is 14.2. The number of aromatic amines is 1. The number of hydrogen-bond acceptors (Lipinski definition) is 6. The molecule has 8 heteroatoms. The van der Waals surface area contributed by atoms with E-state index in [1.807, 2.05) is 12.1 Å². The van der Waals surface area contributed by atoms with Gasteiger partial charge in [0.2, 0.25) is 0 Å². The first-order chi connectivity index (χ1) is 12.7. The van der Waals surface area contributed by atoms with Gasteiger partial charge >= 0.3 is 0 Å². The summed E-state index contributed by atoms with van der Waals surface area (Å²) in [7, 11) is 0. The van der Waals surface area contributed by atoms with E-state index >= 15 is 0 Å². The minimum absolute atomic E-state index is 0.177. The van der Waals surface area contributed by atoms with E-state index in [0.717, 1.165) is 36.3 Å². The van der Waals surface area contributed by atoms with Crippen LogP contribution in [0.4, 0.5) is 5.82 Å². The number of piperidine rings is 1. The Morgan fingerprint density at radius 2 is 2.19 bits per heavy atom. The van der Waals surface area contributed by atoms with Crippen LogP contribution in [0.5, 0.6) is 0 Å². The standard InChI is InChI=1S/C18H20N6O2/c25-14-4-2-8-24(11-14)17-13(3-1-7-19-17)10-20-18(26)12-5-6-15-16(9-12)22-23-21-15/h1,3,5-7,9,14,25H,2,4,8,10-11H2,(H,20,26)(H,21,22,23)/t14-/m1/s1. The summed E-state index contributed by atoms with van der Waals surface area (Å²) >= 11 is 0. The van der Waals surface area contributed by atoms with E-state index in [0.29, 0.717) is 24.2 Å². The van der Waals surface area contributed by atoms with Crippen LogP contribution in [-0.4, -0.2) is 50.6 Å². The van der Waals surface area contributed by atoms with Gasteiger partial charge in [0.25, 0.3) is 5.91 Å². The molecule has 1 fully saturated rings. The Kier molecular flexibility index (Phi) is 4.49. The van der Waals surface area contributed by atoms with Crippen LogP contribution in [0.2, 0.25) is 0 Å². The molecule has 1 aromatic carbocycles. The SMILES string of the molecule is O=C(NCc1cccnc1N1CCC[C@@H](O)C1)c1ccc2n[nH]nc2c1. The largest absolute Gasteiger partial charge is 0.391 e. The summed E-state index contributed by atoms with van der Waals surface area (Å²) in [4.78, 5) is 19.0. The third-order valence-corrected chi connectivity index (χ3v) is 4.58. The highest BCUT2D eigenvalue weighted by molar-refractivity contribution is 5.97. The predicted octanol–water partition coefficient (Wildman–Crippen LogP) is 1.24. The molecular formula is C18H20N6O2. The van der Waals surface area contributed by atoms with Gasteiger partial charge in [-0.15, -0.1) is 0 Å². The monoisotopic (exact) mass is 352 g/mol. The van der Waals surface area contributed by atoms with Crippen molar-refractivity contribution in [3.8, 4) is 0 Å². The Labute approximate surface area is 150 Å². The molecule has 1 amide bonds. The Morgan fingerprint density at radius 1 is 1.31 bits per heavy atom. The van der Waals surface area contributed by atoms with Gasteiger partial charge < -0.3 is 15.3 Å². The van der Waals surface area contributed by atoms with Crippen LogP contribution in [0.15, 0.2) is 36.5 Å². The van der Waals surface area contributed by atoms with Gasteiger partial charge in [-0.1, -0.05) is 6.07 Å². The number of nitrogens with zero attached hydrogens (tertiary/aromatic N) is 4. The molecule has 1 atom stereocenters. The summed E-state index contributed by atoms with van der Waals surface area (Å²) < 4.78 is 0. The molecule has 3 heterocycles. The van der Waals surface area contributed by atoms with Crippen LogP contribution in [0.3, 0.4) is 0 Å². The second kappa shape index (κ2) is 7.09. The molecule has 3 N–H and O–H groups in total. The number of benzene rings is 1. The first kappa shape index (κ1) is 16.5. The van der Waals surface area contributed by atoms with E-state index in [2.05, 4.69) is 30.6 Å². The zero-order chi connectivity index (χ0) is 17.9. The molecule has 4 rings (SSSR count). The van der Waals surface area contributed by atoms with Crippen molar-refractivity contribution in [1.82, 2.24) is 25.7 Å². The van der Waals surface area contributed by atoms with Gasteiger partial charge in [-0.25, -0.2) is 4.98 Å². The number of aromatic nitrogens is 4. The number of pyridine rings is 1. The van der Waals surface area contributed by atoms with Crippen LogP contribution < -0.4 is 10.2 Å². The summed E-state index contributed by atoms with van der Waals surface area (Å²) in [5, 5.41) is 23.4. The smallest absolute Gasteiger partial charge is 0.251 e. The Morgan fingerprint density at radius 3 is 3.08 bits per heavy atom. The summed E-state index contributed by atoms with van der Waals surface area (Å²) in [5.41, 5.74) is 2.84. The third kappa shape index (κ3) is 3.36. The van der Waals surface area contributed by atoms with Crippen molar-refractivity contribution in [2.24, 2.45) is 0 Å². The number of carbonyl (C=O) groups is 1. The first-order valence-electron chi connectivity index (χ1n) is 8.66. The van der Waals surface area contributed by atoms with Crippen LogP contribution in [0.25, 0.3) is 11.0 Å². The Balaban J connectivity index is 1.48. The molecule has 3 aromatic rings. The lowest BCUT2D eigenvalue weighted by molar-refractivity contribution is 0.0951. The molecule has 1 aliphatic rings. The summed E-state index contributed by atoms with van der Waals surface area (Å²) in [6.45, 7) is 1.80. The molecule has 0 radical (unpaired) electrons. The molecule has 26 heavy (non-hydrogen) atoms. The summed E-state index contributed by atoms with van der Waals surface area (Å²) in [6.07, 6.45) is 3.16. The molecule has 2 aromatic heterocycles.